The van der Waals surface area contributed by atoms with Crippen LogP contribution in [0.3, 0.4) is 0 Å². The van der Waals surface area contributed by atoms with E-state index in [0.29, 0.717) is 5.82 Å². The van der Waals surface area contributed by atoms with E-state index in [4.69, 9.17) is 0 Å². The van der Waals surface area contributed by atoms with Crippen molar-refractivity contribution in [3.8, 4) is 11.3 Å². The van der Waals surface area contributed by atoms with E-state index in [9.17, 15) is 13.6 Å². The van der Waals surface area contributed by atoms with E-state index in [1.165, 1.54) is 6.07 Å². The summed E-state index contributed by atoms with van der Waals surface area (Å²) in [6, 6.07) is 3.53. The second-order valence-corrected chi connectivity index (χ2v) is 5.36. The van der Waals surface area contributed by atoms with Gasteiger partial charge >= 0.3 is 0 Å². The van der Waals surface area contributed by atoms with Gasteiger partial charge < -0.3 is 4.98 Å². The number of nitrogens with one attached hydrogen (secondary N) is 1. The molecule has 3 nitrogen and oxygen atoms in total. The van der Waals surface area contributed by atoms with Crippen molar-refractivity contribution in [1.29, 1.82) is 0 Å². The van der Waals surface area contributed by atoms with Crippen molar-refractivity contribution in [2.45, 2.75) is 18.8 Å². The van der Waals surface area contributed by atoms with Gasteiger partial charge in [-0.15, -0.1) is 0 Å². The van der Waals surface area contributed by atoms with Crippen molar-refractivity contribution in [3.63, 3.8) is 0 Å². The Balaban J connectivity index is 2.22. The largest absolute Gasteiger partial charge is 0.310 e. The Morgan fingerprint density at radius 1 is 1.32 bits per heavy atom. The second-order valence-electron chi connectivity index (χ2n) is 4.51. The minimum Gasteiger partial charge on any atom is -0.310 e. The fraction of sp³-hybridized carbons (Fsp3) is 0.231. The van der Waals surface area contributed by atoms with Gasteiger partial charge in [-0.25, -0.2) is 13.8 Å². The monoisotopic (exact) mass is 326 g/mol. The van der Waals surface area contributed by atoms with E-state index < -0.39 is 17.2 Å². The summed E-state index contributed by atoms with van der Waals surface area (Å²) in [5.74, 6) is -0.785. The van der Waals surface area contributed by atoms with Crippen molar-refractivity contribution >= 4 is 15.9 Å². The number of hydrogen-bond acceptors (Lipinski definition) is 2. The predicted molar refractivity (Wildman–Crippen MR) is 69.9 cm³/mol. The highest BCUT2D eigenvalue weighted by Gasteiger charge is 2.27. The molecule has 0 radical (unpaired) electrons. The van der Waals surface area contributed by atoms with Crippen molar-refractivity contribution in [3.05, 3.63) is 50.5 Å². The number of benzene rings is 1. The number of rotatable bonds is 2. The molecule has 1 heterocycles. The SMILES string of the molecule is O=c1cc(-c2c(F)ccc(Br)c2F)nc(C2CC2)[nH]1. The number of halogens is 3. The van der Waals surface area contributed by atoms with E-state index in [-0.39, 0.29) is 21.6 Å². The molecule has 0 bridgehead atoms. The second kappa shape index (κ2) is 4.52. The highest BCUT2D eigenvalue weighted by Crippen LogP contribution is 2.38. The van der Waals surface area contributed by atoms with Gasteiger partial charge in [0, 0.05) is 12.0 Å². The molecule has 1 aromatic carbocycles. The zero-order valence-corrected chi connectivity index (χ0v) is 11.3. The van der Waals surface area contributed by atoms with Crippen molar-refractivity contribution in [2.24, 2.45) is 0 Å². The van der Waals surface area contributed by atoms with Gasteiger partial charge in [0.2, 0.25) is 0 Å². The van der Waals surface area contributed by atoms with Crippen LogP contribution in [0.25, 0.3) is 11.3 Å². The highest BCUT2D eigenvalue weighted by atomic mass is 79.9. The molecule has 1 fully saturated rings. The number of aromatic amines is 1. The smallest absolute Gasteiger partial charge is 0.251 e. The Bertz CT molecular complexity index is 710. The van der Waals surface area contributed by atoms with Crippen molar-refractivity contribution in [1.82, 2.24) is 9.97 Å². The Kier molecular flexibility index (Phi) is 2.97. The summed E-state index contributed by atoms with van der Waals surface area (Å²) in [5.41, 5.74) is -0.644. The highest BCUT2D eigenvalue weighted by molar-refractivity contribution is 9.10. The average Bonchev–Trinajstić information content (AvgIpc) is 3.18. The van der Waals surface area contributed by atoms with E-state index >= 15 is 0 Å². The fourth-order valence-corrected chi connectivity index (χ4v) is 2.25. The maximum atomic E-state index is 14.0. The average molecular weight is 327 g/mol. The molecule has 0 saturated heterocycles. The lowest BCUT2D eigenvalue weighted by molar-refractivity contribution is 0.584. The number of hydrogen-bond donors (Lipinski definition) is 1. The van der Waals surface area contributed by atoms with Gasteiger partial charge in [-0.2, -0.15) is 0 Å². The molecule has 0 aliphatic heterocycles. The van der Waals surface area contributed by atoms with Crippen LogP contribution in [0.15, 0.2) is 27.5 Å². The lowest BCUT2D eigenvalue weighted by Gasteiger charge is -2.07. The minimum absolute atomic E-state index is 0.0296. The van der Waals surface area contributed by atoms with Crippen LogP contribution in [-0.4, -0.2) is 9.97 Å². The number of aromatic nitrogens is 2. The Hall–Kier alpha value is -1.56. The Morgan fingerprint density at radius 2 is 2.05 bits per heavy atom. The van der Waals surface area contributed by atoms with Gasteiger partial charge in [0.05, 0.1) is 15.7 Å². The van der Waals surface area contributed by atoms with Crippen LogP contribution in [0, 0.1) is 11.6 Å². The molecule has 19 heavy (non-hydrogen) atoms. The van der Waals surface area contributed by atoms with Crippen LogP contribution in [0.4, 0.5) is 8.78 Å². The lowest BCUT2D eigenvalue weighted by Crippen LogP contribution is -2.11. The number of H-pyrrole nitrogens is 1. The summed E-state index contributed by atoms with van der Waals surface area (Å²) < 4.78 is 27.9. The lowest BCUT2D eigenvalue weighted by atomic mass is 10.1. The molecule has 0 atom stereocenters. The van der Waals surface area contributed by atoms with Crippen LogP contribution in [0.5, 0.6) is 0 Å². The first kappa shape index (κ1) is 12.5. The minimum atomic E-state index is -0.750. The maximum Gasteiger partial charge on any atom is 0.251 e. The van der Waals surface area contributed by atoms with Crippen molar-refractivity contribution < 1.29 is 8.78 Å². The molecular weight excluding hydrogens is 318 g/mol. The first-order valence-corrected chi connectivity index (χ1v) is 6.60. The zero-order valence-electron chi connectivity index (χ0n) is 9.71. The topological polar surface area (TPSA) is 45.8 Å². The van der Waals surface area contributed by atoms with Gasteiger partial charge in [0.25, 0.3) is 5.56 Å². The van der Waals surface area contributed by atoms with E-state index in [1.54, 1.807) is 0 Å². The molecule has 0 unspecified atom stereocenters. The molecule has 1 aliphatic rings. The third-order valence-corrected chi connectivity index (χ3v) is 3.64. The van der Waals surface area contributed by atoms with Gasteiger partial charge in [0.15, 0.2) is 0 Å². The quantitative estimate of drug-likeness (QED) is 0.860. The van der Waals surface area contributed by atoms with Gasteiger partial charge in [-0.05, 0) is 40.9 Å². The van der Waals surface area contributed by atoms with Gasteiger partial charge in [0.1, 0.15) is 17.5 Å². The Labute approximate surface area is 115 Å². The Morgan fingerprint density at radius 3 is 2.74 bits per heavy atom. The molecule has 0 amide bonds. The standard InChI is InChI=1S/C13H9BrF2N2O/c14-7-3-4-8(15)11(12(7)16)9-5-10(19)18-13(17-9)6-1-2-6/h3-6H,1-2H2,(H,17,18,19). The molecule has 1 aromatic heterocycles. The third-order valence-electron chi connectivity index (χ3n) is 3.02. The molecule has 6 heteroatoms. The third kappa shape index (κ3) is 2.32. The molecule has 3 rings (SSSR count). The van der Waals surface area contributed by atoms with Gasteiger partial charge in [-0.1, -0.05) is 0 Å². The summed E-state index contributed by atoms with van der Waals surface area (Å²) in [5, 5.41) is 0. The number of nitrogens with zero attached hydrogens (tertiary/aromatic N) is 1. The summed E-state index contributed by atoms with van der Waals surface area (Å²) >= 11 is 3.00. The summed E-state index contributed by atoms with van der Waals surface area (Å²) in [7, 11) is 0. The maximum absolute atomic E-state index is 14.0. The van der Waals surface area contributed by atoms with Crippen LogP contribution >= 0.6 is 15.9 Å². The first-order chi connectivity index (χ1) is 9.06. The van der Waals surface area contributed by atoms with E-state index in [1.807, 2.05) is 0 Å². The molecule has 1 aliphatic carbocycles. The molecule has 2 aromatic rings. The first-order valence-electron chi connectivity index (χ1n) is 5.81. The fourth-order valence-electron chi connectivity index (χ4n) is 1.92. The van der Waals surface area contributed by atoms with Crippen LogP contribution in [0.2, 0.25) is 0 Å². The predicted octanol–water partition coefficient (Wildman–Crippen LogP) is 3.36. The molecule has 1 N–H and O–H groups in total. The van der Waals surface area contributed by atoms with E-state index in [0.717, 1.165) is 25.0 Å². The summed E-state index contributed by atoms with van der Waals surface area (Å²) in [6.45, 7) is 0. The normalized spacial score (nSPS) is 14.7. The molecule has 0 spiro atoms. The van der Waals surface area contributed by atoms with Crippen LogP contribution in [-0.2, 0) is 0 Å². The van der Waals surface area contributed by atoms with Crippen LogP contribution < -0.4 is 5.56 Å². The molecule has 1 saturated carbocycles. The van der Waals surface area contributed by atoms with Gasteiger partial charge in [-0.3, -0.25) is 4.79 Å². The summed E-state index contributed by atoms with van der Waals surface area (Å²) in [6.07, 6.45) is 1.88. The zero-order chi connectivity index (χ0) is 13.6. The van der Waals surface area contributed by atoms with Crippen molar-refractivity contribution in [2.75, 3.05) is 0 Å². The van der Waals surface area contributed by atoms with Crippen LogP contribution in [0.1, 0.15) is 24.6 Å². The molecule has 98 valence electrons. The molecular formula is C13H9BrF2N2O. The van der Waals surface area contributed by atoms with E-state index in [2.05, 4.69) is 25.9 Å². The summed E-state index contributed by atoms with van der Waals surface area (Å²) in [4.78, 5) is 18.4.